The molecule has 0 radical (unpaired) electrons. The van der Waals surface area contributed by atoms with Crippen LogP contribution < -0.4 is 5.56 Å². The molecule has 25 heavy (non-hydrogen) atoms. The number of benzene rings is 1. The van der Waals surface area contributed by atoms with E-state index in [1.165, 1.54) is 21.8 Å². The van der Waals surface area contributed by atoms with Crippen molar-refractivity contribution < 1.29 is 9.53 Å². The molecule has 0 N–H and O–H groups in total. The average molecular weight is 353 g/mol. The standard InChI is InChI=1S/C18H15N3O3S/c1-12-8-13-4-2-3-5-15(13)21(12)10-17(23)24-11-14-9-16(22)20-6-7-25-18(20)19-14/h2-9H,10-11H2,1H3. The number of hydrogen-bond donors (Lipinski definition) is 0. The molecule has 0 aliphatic carbocycles. The van der Waals surface area contributed by atoms with Crippen LogP contribution in [0.25, 0.3) is 15.9 Å². The molecule has 4 rings (SSSR count). The van der Waals surface area contributed by atoms with E-state index in [9.17, 15) is 9.59 Å². The van der Waals surface area contributed by atoms with Gasteiger partial charge in [-0.1, -0.05) is 18.2 Å². The van der Waals surface area contributed by atoms with Crippen LogP contribution in [0, 0.1) is 6.92 Å². The first-order chi connectivity index (χ1) is 12.1. The number of rotatable bonds is 4. The first kappa shape index (κ1) is 15.6. The summed E-state index contributed by atoms with van der Waals surface area (Å²) in [6, 6.07) is 11.3. The number of hydrogen-bond acceptors (Lipinski definition) is 5. The van der Waals surface area contributed by atoms with Crippen molar-refractivity contribution in [3.05, 3.63) is 69.7 Å². The molecular formula is C18H15N3O3S. The third kappa shape index (κ3) is 2.94. The Bertz CT molecular complexity index is 1140. The first-order valence-corrected chi connectivity index (χ1v) is 8.66. The van der Waals surface area contributed by atoms with Crippen molar-refractivity contribution in [3.63, 3.8) is 0 Å². The molecule has 0 aliphatic rings. The Morgan fingerprint density at radius 1 is 1.28 bits per heavy atom. The zero-order chi connectivity index (χ0) is 17.4. The van der Waals surface area contributed by atoms with Crippen LogP contribution in [0.1, 0.15) is 11.4 Å². The lowest BCUT2D eigenvalue weighted by Gasteiger charge is -2.08. The van der Waals surface area contributed by atoms with Gasteiger partial charge in [-0.3, -0.25) is 14.0 Å². The zero-order valence-electron chi connectivity index (χ0n) is 13.5. The summed E-state index contributed by atoms with van der Waals surface area (Å²) in [4.78, 5) is 29.1. The fourth-order valence-corrected chi connectivity index (χ4v) is 3.59. The van der Waals surface area contributed by atoms with Crippen molar-refractivity contribution in [2.45, 2.75) is 20.1 Å². The monoisotopic (exact) mass is 353 g/mol. The van der Waals surface area contributed by atoms with Gasteiger partial charge in [0.15, 0.2) is 4.96 Å². The third-order valence-corrected chi connectivity index (χ3v) is 4.80. The first-order valence-electron chi connectivity index (χ1n) is 7.78. The third-order valence-electron chi connectivity index (χ3n) is 4.04. The van der Waals surface area contributed by atoms with Gasteiger partial charge in [0.2, 0.25) is 0 Å². The van der Waals surface area contributed by atoms with E-state index in [1.807, 2.05) is 41.8 Å². The summed E-state index contributed by atoms with van der Waals surface area (Å²) in [6.45, 7) is 2.07. The molecule has 0 amide bonds. The van der Waals surface area contributed by atoms with Crippen molar-refractivity contribution in [1.29, 1.82) is 0 Å². The van der Waals surface area contributed by atoms with E-state index in [4.69, 9.17) is 4.74 Å². The highest BCUT2D eigenvalue weighted by molar-refractivity contribution is 7.15. The molecule has 0 spiro atoms. The number of fused-ring (bicyclic) bond motifs is 2. The minimum atomic E-state index is -0.363. The Labute approximate surface area is 146 Å². The van der Waals surface area contributed by atoms with Gasteiger partial charge in [0.1, 0.15) is 13.2 Å². The molecule has 6 nitrogen and oxygen atoms in total. The minimum absolute atomic E-state index is 0.0132. The Morgan fingerprint density at radius 3 is 3.00 bits per heavy atom. The maximum atomic E-state index is 12.2. The topological polar surface area (TPSA) is 65.6 Å². The number of carbonyl (C=O) groups excluding carboxylic acids is 1. The van der Waals surface area contributed by atoms with Gasteiger partial charge in [-0.05, 0) is 24.4 Å². The van der Waals surface area contributed by atoms with Gasteiger partial charge < -0.3 is 9.30 Å². The molecule has 3 heterocycles. The van der Waals surface area contributed by atoms with Crippen LogP contribution in [-0.4, -0.2) is 19.9 Å². The molecule has 0 saturated carbocycles. The van der Waals surface area contributed by atoms with E-state index >= 15 is 0 Å². The minimum Gasteiger partial charge on any atom is -0.458 e. The van der Waals surface area contributed by atoms with Gasteiger partial charge in [-0.15, -0.1) is 11.3 Å². The Morgan fingerprint density at radius 2 is 2.12 bits per heavy atom. The predicted octanol–water partition coefficient (Wildman–Crippen LogP) is 2.76. The summed E-state index contributed by atoms with van der Waals surface area (Å²) in [5.74, 6) is -0.363. The summed E-state index contributed by atoms with van der Waals surface area (Å²) in [5, 5.41) is 2.88. The Balaban J connectivity index is 1.50. The summed E-state index contributed by atoms with van der Waals surface area (Å²) < 4.78 is 8.70. The second-order valence-corrected chi connectivity index (χ2v) is 6.61. The fourth-order valence-electron chi connectivity index (χ4n) is 2.85. The summed E-state index contributed by atoms with van der Waals surface area (Å²) in [5.41, 5.74) is 2.27. The number of ether oxygens (including phenoxy) is 1. The number of para-hydroxylation sites is 1. The number of aryl methyl sites for hydroxylation is 1. The molecule has 126 valence electrons. The van der Waals surface area contributed by atoms with Crippen molar-refractivity contribution in [2.75, 3.05) is 0 Å². The lowest BCUT2D eigenvalue weighted by atomic mass is 10.2. The molecule has 4 aromatic rings. The van der Waals surface area contributed by atoms with E-state index in [2.05, 4.69) is 4.98 Å². The maximum Gasteiger partial charge on any atom is 0.326 e. The highest BCUT2D eigenvalue weighted by Crippen LogP contribution is 2.19. The van der Waals surface area contributed by atoms with Gasteiger partial charge in [0.05, 0.1) is 5.69 Å². The highest BCUT2D eigenvalue weighted by Gasteiger charge is 2.11. The fraction of sp³-hybridized carbons (Fsp3) is 0.167. The van der Waals surface area contributed by atoms with Crippen LogP contribution in [0.2, 0.25) is 0 Å². The largest absolute Gasteiger partial charge is 0.458 e. The Hall–Kier alpha value is -2.93. The lowest BCUT2D eigenvalue weighted by Crippen LogP contribution is -2.17. The van der Waals surface area contributed by atoms with Crippen LogP contribution in [0.4, 0.5) is 0 Å². The molecule has 0 atom stereocenters. The van der Waals surface area contributed by atoms with Gasteiger partial charge in [-0.25, -0.2) is 4.98 Å². The van der Waals surface area contributed by atoms with E-state index < -0.39 is 0 Å². The Kier molecular flexibility index (Phi) is 3.85. The van der Waals surface area contributed by atoms with E-state index in [1.54, 1.807) is 11.6 Å². The molecule has 0 fully saturated rings. The van der Waals surface area contributed by atoms with Crippen LogP contribution in [0.5, 0.6) is 0 Å². The van der Waals surface area contributed by atoms with E-state index in [0.29, 0.717) is 10.7 Å². The molecule has 7 heteroatoms. The smallest absolute Gasteiger partial charge is 0.326 e. The molecule has 0 aliphatic heterocycles. The number of nitrogens with zero attached hydrogens (tertiary/aromatic N) is 3. The molecular weight excluding hydrogens is 338 g/mol. The summed E-state index contributed by atoms with van der Waals surface area (Å²) in [7, 11) is 0. The molecule has 1 aromatic carbocycles. The van der Waals surface area contributed by atoms with Crippen LogP contribution in [-0.2, 0) is 22.7 Å². The average Bonchev–Trinajstić information content (AvgIpc) is 3.18. The van der Waals surface area contributed by atoms with Gasteiger partial charge in [-0.2, -0.15) is 0 Å². The van der Waals surface area contributed by atoms with Crippen molar-refractivity contribution in [2.24, 2.45) is 0 Å². The van der Waals surface area contributed by atoms with Gasteiger partial charge in [0.25, 0.3) is 5.56 Å². The highest BCUT2D eigenvalue weighted by atomic mass is 32.1. The normalized spacial score (nSPS) is 11.2. The van der Waals surface area contributed by atoms with Crippen LogP contribution in [0.15, 0.2) is 52.8 Å². The quantitative estimate of drug-likeness (QED) is 0.529. The summed E-state index contributed by atoms with van der Waals surface area (Å²) >= 11 is 1.36. The predicted molar refractivity (Wildman–Crippen MR) is 95.8 cm³/mol. The van der Waals surface area contributed by atoms with Crippen molar-refractivity contribution in [1.82, 2.24) is 14.0 Å². The number of carbonyl (C=O) groups is 1. The molecule has 0 unspecified atom stereocenters. The molecule has 3 aromatic heterocycles. The zero-order valence-corrected chi connectivity index (χ0v) is 14.3. The second kappa shape index (κ2) is 6.18. The number of esters is 1. The summed E-state index contributed by atoms with van der Waals surface area (Å²) in [6.07, 6.45) is 1.67. The van der Waals surface area contributed by atoms with Crippen molar-refractivity contribution >= 4 is 33.2 Å². The molecule has 0 saturated heterocycles. The number of aromatic nitrogens is 3. The number of thiazole rings is 1. The van der Waals surface area contributed by atoms with E-state index in [-0.39, 0.29) is 24.7 Å². The van der Waals surface area contributed by atoms with Crippen LogP contribution >= 0.6 is 11.3 Å². The lowest BCUT2D eigenvalue weighted by molar-refractivity contribution is -0.145. The molecule has 0 bridgehead atoms. The SMILES string of the molecule is Cc1cc2ccccc2n1CC(=O)OCc1cc(=O)n2ccsc2n1. The van der Waals surface area contributed by atoms with E-state index in [0.717, 1.165) is 16.6 Å². The van der Waals surface area contributed by atoms with Crippen LogP contribution in [0.3, 0.4) is 0 Å². The van der Waals surface area contributed by atoms with Gasteiger partial charge >= 0.3 is 5.97 Å². The van der Waals surface area contributed by atoms with Crippen molar-refractivity contribution in [3.8, 4) is 0 Å². The second-order valence-electron chi connectivity index (χ2n) is 5.73. The maximum absolute atomic E-state index is 12.2. The van der Waals surface area contributed by atoms with Gasteiger partial charge in [0, 0.05) is 28.9 Å².